The van der Waals surface area contributed by atoms with Gasteiger partial charge >= 0.3 is 0 Å². The molecule has 0 saturated carbocycles. The van der Waals surface area contributed by atoms with Crippen LogP contribution in [0.25, 0.3) is 0 Å². The van der Waals surface area contributed by atoms with Crippen LogP contribution in [-0.2, 0) is 0 Å². The zero-order chi connectivity index (χ0) is 8.69. The molecular weight excluding hydrogens is 180 g/mol. The molecule has 68 valence electrons. The van der Waals surface area contributed by atoms with Crippen LogP contribution in [-0.4, -0.2) is 46.4 Å². The van der Waals surface area contributed by atoms with Crippen LogP contribution in [0.4, 0.5) is 0 Å². The summed E-state index contributed by atoms with van der Waals surface area (Å²) < 4.78 is 0. The molecule has 2 N–H and O–H groups in total. The van der Waals surface area contributed by atoms with Gasteiger partial charge in [-0.25, -0.2) is 0 Å². The van der Waals surface area contributed by atoms with Gasteiger partial charge in [-0.1, -0.05) is 0 Å². The molecule has 0 aromatic carbocycles. The Morgan fingerprint density at radius 1 is 1.36 bits per heavy atom. The number of hydrogen-bond acceptors (Lipinski definition) is 4. The minimum atomic E-state index is -0.359. The van der Waals surface area contributed by atoms with Crippen molar-refractivity contribution in [3.8, 4) is 0 Å². The van der Waals surface area contributed by atoms with Gasteiger partial charge in [0.2, 0.25) is 0 Å². The minimum Gasteiger partial charge on any atom is -0.395 e. The Hall–Kier alpha value is 0.620. The van der Waals surface area contributed by atoms with Gasteiger partial charge in [-0.3, -0.25) is 0 Å². The van der Waals surface area contributed by atoms with Gasteiger partial charge in [0, 0.05) is 0 Å². The predicted octanol–water partition coefficient (Wildman–Crippen LogP) is 0.824. The molecule has 4 heteroatoms. The first-order valence-electron chi connectivity index (χ1n) is 3.57. The molecule has 0 aromatic rings. The lowest BCUT2D eigenvalue weighted by Gasteiger charge is -2.17. The molecule has 0 amide bonds. The molecule has 0 radical (unpaired) electrons. The van der Waals surface area contributed by atoms with Gasteiger partial charge in [-0.2, -0.15) is 23.5 Å². The highest BCUT2D eigenvalue weighted by Gasteiger charge is 2.15. The molecule has 0 aliphatic heterocycles. The SMILES string of the molecule is CSCCC(O)C(CO)SC. The van der Waals surface area contributed by atoms with Gasteiger partial charge in [-0.05, 0) is 24.7 Å². The first-order valence-corrected chi connectivity index (χ1v) is 6.25. The molecule has 0 aliphatic rings. The second-order valence-corrected chi connectivity index (χ2v) is 4.37. The van der Waals surface area contributed by atoms with E-state index in [4.69, 9.17) is 5.11 Å². The summed E-state index contributed by atoms with van der Waals surface area (Å²) in [4.78, 5) is 0. The molecular formula is C7H16O2S2. The first-order chi connectivity index (χ1) is 5.26. The second kappa shape index (κ2) is 7.28. The van der Waals surface area contributed by atoms with Crippen molar-refractivity contribution >= 4 is 23.5 Å². The van der Waals surface area contributed by atoms with Gasteiger partial charge in [0.25, 0.3) is 0 Å². The molecule has 0 aliphatic carbocycles. The third-order valence-corrected chi connectivity index (χ3v) is 3.24. The molecule has 0 aromatic heterocycles. The standard InChI is InChI=1S/C7H16O2S2/c1-10-4-3-6(9)7(5-8)11-2/h6-9H,3-5H2,1-2H3. The molecule has 0 bridgehead atoms. The highest BCUT2D eigenvalue weighted by atomic mass is 32.2. The largest absolute Gasteiger partial charge is 0.395 e. The summed E-state index contributed by atoms with van der Waals surface area (Å²) >= 11 is 3.24. The van der Waals surface area contributed by atoms with Crippen molar-refractivity contribution in [2.75, 3.05) is 24.9 Å². The molecule has 2 unspecified atom stereocenters. The predicted molar refractivity (Wildman–Crippen MR) is 53.4 cm³/mol. The third kappa shape index (κ3) is 4.95. The van der Waals surface area contributed by atoms with Gasteiger partial charge in [0.15, 0.2) is 0 Å². The van der Waals surface area contributed by atoms with Crippen molar-refractivity contribution in [2.45, 2.75) is 17.8 Å². The number of aliphatic hydroxyl groups is 2. The molecule has 2 nitrogen and oxygen atoms in total. The van der Waals surface area contributed by atoms with Crippen molar-refractivity contribution in [3.05, 3.63) is 0 Å². The maximum atomic E-state index is 9.45. The molecule has 2 atom stereocenters. The van der Waals surface area contributed by atoms with Gasteiger partial charge in [0.05, 0.1) is 18.0 Å². The lowest BCUT2D eigenvalue weighted by atomic mass is 10.2. The number of rotatable bonds is 6. The third-order valence-electron chi connectivity index (χ3n) is 1.53. The van der Waals surface area contributed by atoms with Crippen molar-refractivity contribution < 1.29 is 10.2 Å². The monoisotopic (exact) mass is 196 g/mol. The quantitative estimate of drug-likeness (QED) is 0.660. The Balaban J connectivity index is 3.51. The van der Waals surface area contributed by atoms with E-state index in [1.165, 1.54) is 11.8 Å². The van der Waals surface area contributed by atoms with E-state index in [-0.39, 0.29) is 18.0 Å². The van der Waals surface area contributed by atoms with Crippen LogP contribution in [0.3, 0.4) is 0 Å². The Morgan fingerprint density at radius 2 is 2.00 bits per heavy atom. The summed E-state index contributed by atoms with van der Waals surface area (Å²) in [6, 6.07) is 0. The van der Waals surface area contributed by atoms with E-state index in [0.29, 0.717) is 0 Å². The molecule has 0 spiro atoms. The Bertz CT molecular complexity index is 86.5. The maximum Gasteiger partial charge on any atom is 0.0688 e. The topological polar surface area (TPSA) is 40.5 Å². The van der Waals surface area contributed by atoms with Crippen LogP contribution in [0, 0.1) is 0 Å². The van der Waals surface area contributed by atoms with Crippen LogP contribution < -0.4 is 0 Å². The second-order valence-electron chi connectivity index (χ2n) is 2.31. The minimum absolute atomic E-state index is 0.0119. The van der Waals surface area contributed by atoms with E-state index in [2.05, 4.69) is 0 Å². The molecule has 0 fully saturated rings. The summed E-state index contributed by atoms with van der Waals surface area (Å²) in [6.07, 6.45) is 4.33. The van der Waals surface area contributed by atoms with E-state index in [1.54, 1.807) is 11.8 Å². The zero-order valence-corrected chi connectivity index (χ0v) is 8.62. The Morgan fingerprint density at radius 3 is 2.36 bits per heavy atom. The normalized spacial score (nSPS) is 16.4. The fraction of sp³-hybridized carbons (Fsp3) is 1.00. The molecule has 0 heterocycles. The van der Waals surface area contributed by atoms with Gasteiger partial charge < -0.3 is 10.2 Å². The highest BCUT2D eigenvalue weighted by molar-refractivity contribution is 7.99. The lowest BCUT2D eigenvalue weighted by Crippen LogP contribution is -2.26. The number of hydrogen-bond donors (Lipinski definition) is 2. The zero-order valence-electron chi connectivity index (χ0n) is 6.99. The number of aliphatic hydroxyl groups excluding tert-OH is 2. The number of thioether (sulfide) groups is 2. The van der Waals surface area contributed by atoms with E-state index in [9.17, 15) is 5.11 Å². The van der Waals surface area contributed by atoms with E-state index in [0.717, 1.165) is 12.2 Å². The van der Waals surface area contributed by atoms with Gasteiger partial charge in [-0.15, -0.1) is 0 Å². The van der Waals surface area contributed by atoms with Crippen LogP contribution >= 0.6 is 23.5 Å². The Labute approximate surface area is 76.8 Å². The lowest BCUT2D eigenvalue weighted by molar-refractivity contribution is 0.138. The van der Waals surface area contributed by atoms with Crippen molar-refractivity contribution in [2.24, 2.45) is 0 Å². The van der Waals surface area contributed by atoms with Gasteiger partial charge in [0.1, 0.15) is 0 Å². The maximum absolute atomic E-state index is 9.45. The van der Waals surface area contributed by atoms with Crippen molar-refractivity contribution in [1.29, 1.82) is 0 Å². The fourth-order valence-electron chi connectivity index (χ4n) is 0.778. The molecule has 11 heavy (non-hydrogen) atoms. The molecule has 0 saturated heterocycles. The van der Waals surface area contributed by atoms with Crippen molar-refractivity contribution in [3.63, 3.8) is 0 Å². The van der Waals surface area contributed by atoms with Crippen LogP contribution in [0.1, 0.15) is 6.42 Å². The summed E-state index contributed by atoms with van der Waals surface area (Å²) in [5.74, 6) is 0.957. The van der Waals surface area contributed by atoms with Crippen molar-refractivity contribution in [1.82, 2.24) is 0 Å². The summed E-state index contributed by atoms with van der Waals surface area (Å²) in [5.41, 5.74) is 0. The van der Waals surface area contributed by atoms with E-state index < -0.39 is 0 Å². The van der Waals surface area contributed by atoms with Crippen LogP contribution in [0.5, 0.6) is 0 Å². The highest BCUT2D eigenvalue weighted by Crippen LogP contribution is 2.14. The average molecular weight is 196 g/mol. The summed E-state index contributed by atoms with van der Waals surface area (Å²) in [5, 5.41) is 18.2. The summed E-state index contributed by atoms with van der Waals surface area (Å²) in [7, 11) is 0. The average Bonchev–Trinajstić information content (AvgIpc) is 2.03. The Kier molecular flexibility index (Phi) is 7.69. The van der Waals surface area contributed by atoms with Crippen LogP contribution in [0.15, 0.2) is 0 Å². The van der Waals surface area contributed by atoms with Crippen LogP contribution in [0.2, 0.25) is 0 Å². The fourth-order valence-corrected chi connectivity index (χ4v) is 1.85. The summed E-state index contributed by atoms with van der Waals surface area (Å²) in [6.45, 7) is 0.0662. The van der Waals surface area contributed by atoms with E-state index >= 15 is 0 Å². The first kappa shape index (κ1) is 11.6. The van der Waals surface area contributed by atoms with E-state index in [1.807, 2.05) is 12.5 Å². The smallest absolute Gasteiger partial charge is 0.0688 e. The molecule has 0 rings (SSSR count).